The van der Waals surface area contributed by atoms with E-state index in [1.165, 1.54) is 0 Å². The first-order valence-electron chi connectivity index (χ1n) is 7.94. The summed E-state index contributed by atoms with van der Waals surface area (Å²) in [6.45, 7) is 5.00. The van der Waals surface area contributed by atoms with Crippen LogP contribution in [0.3, 0.4) is 0 Å². The van der Waals surface area contributed by atoms with E-state index >= 15 is 0 Å². The van der Waals surface area contributed by atoms with E-state index in [1.807, 2.05) is 42.8 Å². The Hall–Kier alpha value is -2.63. The summed E-state index contributed by atoms with van der Waals surface area (Å²) in [5.41, 5.74) is 3.66. The third-order valence-corrected chi connectivity index (χ3v) is 3.84. The van der Waals surface area contributed by atoms with Crippen LogP contribution in [0, 0.1) is 13.8 Å². The molecule has 6 nitrogen and oxygen atoms in total. The maximum Gasteiger partial charge on any atom is 0.303 e. The summed E-state index contributed by atoms with van der Waals surface area (Å²) >= 11 is 0. The Bertz CT molecular complexity index is 737. The number of hydrogen-bond acceptors (Lipinski definition) is 3. The number of aryl methyl sites for hydroxylation is 2. The number of aliphatic carboxylic acids is 1. The lowest BCUT2D eigenvalue weighted by atomic mass is 10.1. The molecule has 2 rings (SSSR count). The van der Waals surface area contributed by atoms with Gasteiger partial charge in [-0.05, 0) is 44.0 Å². The molecule has 1 amide bonds. The van der Waals surface area contributed by atoms with Crippen LogP contribution in [0.4, 0.5) is 0 Å². The summed E-state index contributed by atoms with van der Waals surface area (Å²) in [4.78, 5) is 24.6. The zero-order valence-electron chi connectivity index (χ0n) is 14.3. The van der Waals surface area contributed by atoms with E-state index in [1.54, 1.807) is 18.0 Å². The Morgan fingerprint density at radius 3 is 2.62 bits per heavy atom. The van der Waals surface area contributed by atoms with Crippen LogP contribution >= 0.6 is 0 Å². The van der Waals surface area contributed by atoms with Gasteiger partial charge in [0.1, 0.15) is 0 Å². The van der Waals surface area contributed by atoms with Crippen LogP contribution in [0.15, 0.2) is 30.3 Å². The number of nitrogens with zero attached hydrogens (tertiary/aromatic N) is 3. The van der Waals surface area contributed by atoms with E-state index in [4.69, 9.17) is 5.11 Å². The lowest BCUT2D eigenvalue weighted by Gasteiger charge is -2.17. The molecule has 0 fully saturated rings. The van der Waals surface area contributed by atoms with Gasteiger partial charge in [-0.25, -0.2) is 0 Å². The van der Waals surface area contributed by atoms with Gasteiger partial charge in [-0.3, -0.25) is 14.3 Å². The van der Waals surface area contributed by atoms with E-state index in [0.717, 1.165) is 17.0 Å². The van der Waals surface area contributed by atoms with Crippen molar-refractivity contribution in [3.05, 3.63) is 52.8 Å². The van der Waals surface area contributed by atoms with Gasteiger partial charge in [-0.15, -0.1) is 0 Å². The molecule has 24 heavy (non-hydrogen) atoms. The van der Waals surface area contributed by atoms with Crippen molar-refractivity contribution in [1.29, 1.82) is 0 Å². The number of aromatic nitrogens is 2. The molecule has 0 saturated carbocycles. The molecule has 0 aliphatic heterocycles. The quantitative estimate of drug-likeness (QED) is 0.847. The van der Waals surface area contributed by atoms with Gasteiger partial charge in [0.05, 0.1) is 12.2 Å². The number of carbonyl (C=O) groups excluding carboxylic acids is 1. The molecule has 0 unspecified atom stereocenters. The molecule has 2 aromatic rings. The lowest BCUT2D eigenvalue weighted by molar-refractivity contribution is -0.137. The molecular weight excluding hydrogens is 306 g/mol. The first-order valence-corrected chi connectivity index (χ1v) is 7.94. The highest BCUT2D eigenvalue weighted by Gasteiger charge is 2.13. The molecule has 1 aromatic heterocycles. The van der Waals surface area contributed by atoms with Gasteiger partial charge in [-0.2, -0.15) is 5.10 Å². The van der Waals surface area contributed by atoms with Crippen LogP contribution in [0.2, 0.25) is 0 Å². The minimum absolute atomic E-state index is 0.0651. The van der Waals surface area contributed by atoms with Gasteiger partial charge in [0.2, 0.25) is 0 Å². The minimum atomic E-state index is -0.845. The van der Waals surface area contributed by atoms with Gasteiger partial charge >= 0.3 is 5.97 Å². The molecule has 0 atom stereocenters. The summed E-state index contributed by atoms with van der Waals surface area (Å²) in [7, 11) is 1.69. The van der Waals surface area contributed by atoms with Crippen molar-refractivity contribution < 1.29 is 14.7 Å². The highest BCUT2D eigenvalue weighted by atomic mass is 16.4. The highest BCUT2D eigenvalue weighted by molar-refractivity contribution is 5.94. The standard InChI is InChI=1S/C18H23N3O3/c1-13-10-14(2)21(19-13)12-15-6-4-7-16(11-15)18(24)20(3)9-5-8-17(22)23/h4,6-7,10-11H,5,8-9,12H2,1-3H3,(H,22,23). The summed E-state index contributed by atoms with van der Waals surface area (Å²) in [5.74, 6) is -0.946. The van der Waals surface area contributed by atoms with Gasteiger partial charge in [-0.1, -0.05) is 12.1 Å². The molecule has 0 radical (unpaired) electrons. The SMILES string of the molecule is Cc1cc(C)n(Cc2cccc(C(=O)N(C)CCCC(=O)O)c2)n1. The minimum Gasteiger partial charge on any atom is -0.481 e. The Balaban J connectivity index is 2.04. The second-order valence-electron chi connectivity index (χ2n) is 6.01. The van der Waals surface area contributed by atoms with Crippen LogP contribution in [0.1, 0.15) is 40.2 Å². The van der Waals surface area contributed by atoms with Crippen LogP contribution < -0.4 is 0 Å². The number of carboxylic acids is 1. The van der Waals surface area contributed by atoms with E-state index in [0.29, 0.717) is 25.1 Å². The van der Waals surface area contributed by atoms with Gasteiger partial charge in [0.25, 0.3) is 5.91 Å². The van der Waals surface area contributed by atoms with Gasteiger partial charge in [0.15, 0.2) is 0 Å². The molecule has 6 heteroatoms. The monoisotopic (exact) mass is 329 g/mol. The molecule has 0 spiro atoms. The van der Waals surface area contributed by atoms with E-state index < -0.39 is 5.97 Å². The fraction of sp³-hybridized carbons (Fsp3) is 0.389. The molecule has 0 aliphatic rings. The third kappa shape index (κ3) is 4.68. The topological polar surface area (TPSA) is 75.4 Å². The average molecular weight is 329 g/mol. The Kier molecular flexibility index (Phi) is 5.73. The molecule has 0 bridgehead atoms. The molecular formula is C18H23N3O3. The lowest BCUT2D eigenvalue weighted by Crippen LogP contribution is -2.28. The summed E-state index contributed by atoms with van der Waals surface area (Å²) in [5, 5.41) is 13.1. The van der Waals surface area contributed by atoms with Crippen molar-refractivity contribution in [1.82, 2.24) is 14.7 Å². The number of carboxylic acid groups (broad SMARTS) is 1. The van der Waals surface area contributed by atoms with Crippen LogP contribution in [-0.2, 0) is 11.3 Å². The van der Waals surface area contributed by atoms with Crippen molar-refractivity contribution in [2.75, 3.05) is 13.6 Å². The fourth-order valence-corrected chi connectivity index (χ4v) is 2.60. The second kappa shape index (κ2) is 7.77. The van der Waals surface area contributed by atoms with E-state index in [9.17, 15) is 9.59 Å². The number of benzene rings is 1. The normalized spacial score (nSPS) is 10.6. The number of amides is 1. The van der Waals surface area contributed by atoms with Crippen molar-refractivity contribution in [2.24, 2.45) is 0 Å². The van der Waals surface area contributed by atoms with E-state index in [2.05, 4.69) is 5.10 Å². The fourth-order valence-electron chi connectivity index (χ4n) is 2.60. The molecule has 128 valence electrons. The Labute approximate surface area is 141 Å². The second-order valence-corrected chi connectivity index (χ2v) is 6.01. The smallest absolute Gasteiger partial charge is 0.303 e. The molecule has 1 N–H and O–H groups in total. The Morgan fingerprint density at radius 1 is 1.25 bits per heavy atom. The van der Waals surface area contributed by atoms with Crippen LogP contribution in [0.25, 0.3) is 0 Å². The van der Waals surface area contributed by atoms with Crippen molar-refractivity contribution in [3.63, 3.8) is 0 Å². The third-order valence-electron chi connectivity index (χ3n) is 3.84. The molecule has 1 aromatic carbocycles. The Morgan fingerprint density at radius 2 is 2.00 bits per heavy atom. The summed E-state index contributed by atoms with van der Waals surface area (Å²) < 4.78 is 1.91. The highest BCUT2D eigenvalue weighted by Crippen LogP contribution is 2.12. The van der Waals surface area contributed by atoms with Crippen molar-refractivity contribution in [3.8, 4) is 0 Å². The predicted molar refractivity (Wildman–Crippen MR) is 91.1 cm³/mol. The number of rotatable bonds is 7. The first kappa shape index (κ1) is 17.7. The van der Waals surface area contributed by atoms with Gasteiger partial charge < -0.3 is 10.0 Å². The van der Waals surface area contributed by atoms with E-state index in [-0.39, 0.29) is 12.3 Å². The molecule has 0 aliphatic carbocycles. The predicted octanol–water partition coefficient (Wildman–Crippen LogP) is 2.49. The summed E-state index contributed by atoms with van der Waals surface area (Å²) in [6.07, 6.45) is 0.513. The largest absolute Gasteiger partial charge is 0.481 e. The van der Waals surface area contributed by atoms with Crippen LogP contribution in [0.5, 0.6) is 0 Å². The molecule has 1 heterocycles. The number of hydrogen-bond donors (Lipinski definition) is 1. The maximum absolute atomic E-state index is 12.5. The van der Waals surface area contributed by atoms with Crippen molar-refractivity contribution in [2.45, 2.75) is 33.2 Å². The summed E-state index contributed by atoms with van der Waals surface area (Å²) in [6, 6.07) is 9.50. The first-order chi connectivity index (χ1) is 11.4. The zero-order valence-corrected chi connectivity index (χ0v) is 14.3. The molecule has 0 saturated heterocycles. The van der Waals surface area contributed by atoms with Crippen LogP contribution in [-0.4, -0.2) is 45.3 Å². The zero-order chi connectivity index (χ0) is 17.7. The average Bonchev–Trinajstić information content (AvgIpc) is 2.84. The van der Waals surface area contributed by atoms with Gasteiger partial charge in [0, 0.05) is 31.3 Å². The maximum atomic E-state index is 12.5. The number of carbonyl (C=O) groups is 2. The van der Waals surface area contributed by atoms with Crippen molar-refractivity contribution >= 4 is 11.9 Å².